The molecule has 0 saturated carbocycles. The van der Waals surface area contributed by atoms with Crippen molar-refractivity contribution in [3.63, 3.8) is 0 Å². The van der Waals surface area contributed by atoms with E-state index in [1.807, 2.05) is 36.4 Å². The molecule has 0 radical (unpaired) electrons. The third-order valence-electron chi connectivity index (χ3n) is 10.5. The van der Waals surface area contributed by atoms with Crippen molar-refractivity contribution in [3.8, 4) is 28.3 Å². The van der Waals surface area contributed by atoms with E-state index in [4.69, 9.17) is 0 Å². The van der Waals surface area contributed by atoms with Crippen LogP contribution in [-0.2, 0) is 0 Å². The molecule has 0 aliphatic rings. The van der Waals surface area contributed by atoms with Crippen molar-refractivity contribution in [1.29, 1.82) is 5.26 Å². The molecule has 274 valence electrons. The van der Waals surface area contributed by atoms with Gasteiger partial charge in [-0.15, -0.1) is 0 Å². The molecule has 9 aromatic rings. The minimum absolute atomic E-state index is 0.641. The molecule has 9 rings (SSSR count). The molecule has 0 aliphatic carbocycles. The van der Waals surface area contributed by atoms with E-state index in [2.05, 4.69) is 216 Å². The molecule has 0 saturated heterocycles. The van der Waals surface area contributed by atoms with Gasteiger partial charge in [0, 0.05) is 34.1 Å². The Bertz CT molecular complexity index is 2800. The Balaban J connectivity index is 0.887. The summed E-state index contributed by atoms with van der Waals surface area (Å²) in [5.41, 5.74) is 14.1. The van der Waals surface area contributed by atoms with E-state index in [0.717, 1.165) is 56.4 Å². The van der Waals surface area contributed by atoms with E-state index in [9.17, 15) is 5.26 Å². The molecule has 0 N–H and O–H groups in total. The summed E-state index contributed by atoms with van der Waals surface area (Å²) >= 11 is 0. The van der Waals surface area contributed by atoms with Gasteiger partial charge >= 0.3 is 0 Å². The van der Waals surface area contributed by atoms with Crippen LogP contribution in [0.5, 0.6) is 0 Å². The van der Waals surface area contributed by atoms with Crippen LogP contribution in [-0.4, -0.2) is 0 Å². The van der Waals surface area contributed by atoms with Crippen molar-refractivity contribution < 1.29 is 0 Å². The largest absolute Gasteiger partial charge is 0.311 e. The predicted octanol–water partition coefficient (Wildman–Crippen LogP) is 15.2. The fourth-order valence-corrected chi connectivity index (χ4v) is 7.42. The van der Waals surface area contributed by atoms with Gasteiger partial charge in [0.05, 0.1) is 11.6 Å². The maximum Gasteiger partial charge on any atom is 0.0991 e. The average molecular weight is 742 g/mol. The van der Waals surface area contributed by atoms with Crippen LogP contribution in [0.1, 0.15) is 16.7 Å². The molecule has 9 aromatic carbocycles. The first-order valence-corrected chi connectivity index (χ1v) is 19.5. The number of benzene rings is 9. The molecule has 0 spiro atoms. The monoisotopic (exact) mass is 741 g/mol. The van der Waals surface area contributed by atoms with Gasteiger partial charge in [-0.3, -0.25) is 0 Å². The summed E-state index contributed by atoms with van der Waals surface area (Å²) in [7, 11) is 0. The molecule has 58 heavy (non-hydrogen) atoms. The lowest BCUT2D eigenvalue weighted by atomic mass is 10.0. The van der Waals surface area contributed by atoms with Gasteiger partial charge in [0.15, 0.2) is 0 Å². The minimum atomic E-state index is 0.641. The zero-order chi connectivity index (χ0) is 39.1. The third kappa shape index (κ3) is 7.77. The summed E-state index contributed by atoms with van der Waals surface area (Å²) < 4.78 is 0. The van der Waals surface area contributed by atoms with E-state index < -0.39 is 0 Å². The second-order valence-electron chi connectivity index (χ2n) is 14.2. The van der Waals surface area contributed by atoms with Gasteiger partial charge < -0.3 is 9.80 Å². The summed E-state index contributed by atoms with van der Waals surface area (Å²) in [6.07, 6.45) is 4.33. The van der Waals surface area contributed by atoms with Crippen molar-refractivity contribution in [1.82, 2.24) is 0 Å². The van der Waals surface area contributed by atoms with E-state index in [1.165, 1.54) is 21.9 Å². The van der Waals surface area contributed by atoms with Crippen molar-refractivity contribution in [2.75, 3.05) is 9.80 Å². The summed E-state index contributed by atoms with van der Waals surface area (Å²) in [5, 5.41) is 11.8. The number of hydrogen-bond acceptors (Lipinski definition) is 3. The number of para-hydroxylation sites is 2. The smallest absolute Gasteiger partial charge is 0.0991 e. The lowest BCUT2D eigenvalue weighted by Crippen LogP contribution is -2.09. The van der Waals surface area contributed by atoms with Crippen molar-refractivity contribution >= 4 is 57.0 Å². The normalized spacial score (nSPS) is 11.0. The Hall–Kier alpha value is -7.93. The number of nitriles is 1. The topological polar surface area (TPSA) is 30.3 Å². The fraction of sp³-hybridized carbons (Fsp3) is 0. The number of fused-ring (bicyclic) bond motifs is 1. The molecule has 0 amide bonds. The second kappa shape index (κ2) is 16.4. The summed E-state index contributed by atoms with van der Waals surface area (Å²) in [6, 6.07) is 80.8. The second-order valence-corrected chi connectivity index (χ2v) is 14.2. The molecule has 3 heteroatoms. The van der Waals surface area contributed by atoms with E-state index in [0.29, 0.717) is 5.56 Å². The zero-order valence-corrected chi connectivity index (χ0v) is 31.9. The molecule has 3 nitrogen and oxygen atoms in total. The molecule has 0 atom stereocenters. The van der Waals surface area contributed by atoms with E-state index in [1.54, 1.807) is 0 Å². The van der Waals surface area contributed by atoms with Crippen LogP contribution >= 0.6 is 0 Å². The van der Waals surface area contributed by atoms with Gasteiger partial charge in [-0.25, -0.2) is 0 Å². The first-order valence-electron chi connectivity index (χ1n) is 19.5. The van der Waals surface area contributed by atoms with Gasteiger partial charge in [-0.1, -0.05) is 152 Å². The quantitative estimate of drug-likeness (QED) is 0.131. The predicted molar refractivity (Wildman–Crippen MR) is 244 cm³/mol. The molecular formula is C55H39N3. The van der Waals surface area contributed by atoms with Crippen LogP contribution in [0.25, 0.3) is 45.2 Å². The Labute approximate surface area is 340 Å². The lowest BCUT2D eigenvalue weighted by molar-refractivity contribution is 1.28. The highest BCUT2D eigenvalue weighted by molar-refractivity contribution is 5.89. The van der Waals surface area contributed by atoms with E-state index in [-0.39, 0.29) is 0 Å². The summed E-state index contributed by atoms with van der Waals surface area (Å²) in [6.45, 7) is 0. The standard InChI is InChI=1S/C55H39N3/c56-40-43-21-32-52(33-22-43)58(55-38-31-44-9-7-8-10-49(44)39-55)54-36-29-48(30-37-54)46-25-19-42(20-26-46)16-15-41-17-23-45(24-18-41)47-27-34-53(35-28-47)57(50-11-3-1-4-12-50)51-13-5-2-6-14-51/h1-39H/b16-15+. The number of hydrogen-bond donors (Lipinski definition) is 0. The highest BCUT2D eigenvalue weighted by atomic mass is 15.1. The maximum absolute atomic E-state index is 9.40. The highest BCUT2D eigenvalue weighted by Gasteiger charge is 2.15. The van der Waals surface area contributed by atoms with Gasteiger partial charge in [0.1, 0.15) is 0 Å². The SMILES string of the molecule is N#Cc1ccc(N(c2ccc(-c3ccc(/C=C/c4ccc(-c5ccc(N(c6ccccc6)c6ccccc6)cc5)cc4)cc3)cc2)c2ccc3ccccc3c2)cc1. The molecule has 0 heterocycles. The number of rotatable bonds is 10. The summed E-state index contributed by atoms with van der Waals surface area (Å²) in [4.78, 5) is 4.52. The zero-order valence-electron chi connectivity index (χ0n) is 31.9. The van der Waals surface area contributed by atoms with Crippen molar-refractivity contribution in [2.45, 2.75) is 0 Å². The Kier molecular flexibility index (Phi) is 10.1. The summed E-state index contributed by atoms with van der Waals surface area (Å²) in [5.74, 6) is 0. The van der Waals surface area contributed by atoms with Crippen LogP contribution in [0.3, 0.4) is 0 Å². The molecule has 0 aliphatic heterocycles. The van der Waals surface area contributed by atoms with Gasteiger partial charge in [0.25, 0.3) is 0 Å². The van der Waals surface area contributed by atoms with Crippen LogP contribution in [0.4, 0.5) is 34.1 Å². The first-order chi connectivity index (χ1) is 28.7. The highest BCUT2D eigenvalue weighted by Crippen LogP contribution is 2.38. The lowest BCUT2D eigenvalue weighted by Gasteiger charge is -2.26. The van der Waals surface area contributed by atoms with Gasteiger partial charge in [0.2, 0.25) is 0 Å². The van der Waals surface area contributed by atoms with Crippen LogP contribution in [0.15, 0.2) is 224 Å². The van der Waals surface area contributed by atoms with Crippen LogP contribution in [0, 0.1) is 11.3 Å². The number of anilines is 6. The minimum Gasteiger partial charge on any atom is -0.311 e. The molecule has 0 fully saturated rings. The van der Waals surface area contributed by atoms with E-state index >= 15 is 0 Å². The Morgan fingerprint density at radius 2 is 0.655 bits per heavy atom. The third-order valence-corrected chi connectivity index (χ3v) is 10.5. The van der Waals surface area contributed by atoms with Gasteiger partial charge in [-0.05, 0) is 129 Å². The maximum atomic E-state index is 9.40. The average Bonchev–Trinajstić information content (AvgIpc) is 3.30. The van der Waals surface area contributed by atoms with Crippen molar-refractivity contribution in [3.05, 3.63) is 241 Å². The van der Waals surface area contributed by atoms with Crippen molar-refractivity contribution in [2.24, 2.45) is 0 Å². The number of nitrogens with zero attached hydrogens (tertiary/aromatic N) is 3. The Morgan fingerprint density at radius 3 is 1.10 bits per heavy atom. The fourth-order valence-electron chi connectivity index (χ4n) is 7.42. The Morgan fingerprint density at radius 1 is 0.310 bits per heavy atom. The van der Waals surface area contributed by atoms with Gasteiger partial charge in [-0.2, -0.15) is 5.26 Å². The molecule has 0 unspecified atom stereocenters. The first kappa shape index (κ1) is 35.8. The van der Waals surface area contributed by atoms with Crippen LogP contribution < -0.4 is 9.80 Å². The van der Waals surface area contributed by atoms with Crippen LogP contribution in [0.2, 0.25) is 0 Å². The molecule has 0 aromatic heterocycles. The molecular weight excluding hydrogens is 703 g/mol. The molecule has 0 bridgehead atoms.